The van der Waals surface area contributed by atoms with Gasteiger partial charge in [-0.1, -0.05) is 50.6 Å². The van der Waals surface area contributed by atoms with Crippen molar-refractivity contribution >= 4 is 30.1 Å². The number of carbonyl (C=O) groups is 5. The molecule has 3 fully saturated rings. The molecule has 4 aliphatic carbocycles. The molecule has 1 amide bonds. The predicted octanol–water partition coefficient (Wildman–Crippen LogP) is 4.78. The smallest absolute Gasteiger partial charge is 0.407 e. The van der Waals surface area contributed by atoms with Crippen molar-refractivity contribution < 1.29 is 62.8 Å². The second kappa shape index (κ2) is 16.1. The molecule has 2 heterocycles. The van der Waals surface area contributed by atoms with Gasteiger partial charge in [-0.05, 0) is 68.6 Å². The largest absolute Gasteiger partial charge is 0.511 e. The Morgan fingerprint density at radius 1 is 1.08 bits per heavy atom. The van der Waals surface area contributed by atoms with Crippen molar-refractivity contribution in [1.29, 1.82) is 0 Å². The summed E-state index contributed by atoms with van der Waals surface area (Å²) < 4.78 is 29.3. The van der Waals surface area contributed by atoms with E-state index in [2.05, 4.69) is 5.32 Å². The van der Waals surface area contributed by atoms with Gasteiger partial charge < -0.3 is 39.2 Å². The van der Waals surface area contributed by atoms with Crippen LogP contribution in [0, 0.1) is 51.0 Å². The van der Waals surface area contributed by atoms with E-state index in [4.69, 9.17) is 23.7 Å². The third-order valence-electron chi connectivity index (χ3n) is 14.0. The Bertz CT molecular complexity index is 1950. The van der Waals surface area contributed by atoms with Gasteiger partial charge in [-0.15, -0.1) is 0 Å². The number of aldehydes is 1. The summed E-state index contributed by atoms with van der Waals surface area (Å²) in [7, 11) is 1.15. The number of amides is 1. The highest BCUT2D eigenvalue weighted by molar-refractivity contribution is 6.26. The molecule has 2 bridgehead atoms. The van der Waals surface area contributed by atoms with E-state index in [1.807, 2.05) is 39.0 Å². The minimum atomic E-state index is -2.14. The van der Waals surface area contributed by atoms with Gasteiger partial charge in [0.25, 0.3) is 0 Å². The van der Waals surface area contributed by atoms with Crippen molar-refractivity contribution in [2.24, 2.45) is 40.9 Å². The lowest BCUT2D eigenvalue weighted by Gasteiger charge is -2.55. The maximum Gasteiger partial charge on any atom is 0.407 e. The minimum Gasteiger partial charge on any atom is -0.511 e. The van der Waals surface area contributed by atoms with Crippen LogP contribution >= 0.6 is 0 Å². The molecule has 2 saturated heterocycles. The summed E-state index contributed by atoms with van der Waals surface area (Å²) in [5.41, 5.74) is -4.55. The lowest BCUT2D eigenvalue weighted by molar-refractivity contribution is -0.584. The molecule has 0 radical (unpaired) electrons. The molecule has 6 aliphatic rings. The fourth-order valence-corrected chi connectivity index (χ4v) is 11.1. The highest BCUT2D eigenvalue weighted by Crippen LogP contribution is 2.60. The number of hydrogen-bond acceptors (Lipinski definition) is 14. The van der Waals surface area contributed by atoms with Crippen LogP contribution in [0.25, 0.3) is 0 Å². The second-order valence-electron chi connectivity index (χ2n) is 17.8. The Balaban J connectivity index is 1.54. The lowest BCUT2D eigenvalue weighted by atomic mass is 9.49. The third kappa shape index (κ3) is 7.34. The molecule has 16 heteroatoms. The number of esters is 2. The van der Waals surface area contributed by atoms with Gasteiger partial charge >= 0.3 is 18.0 Å². The third-order valence-corrected chi connectivity index (χ3v) is 14.0. The minimum absolute atomic E-state index is 0.0385. The zero-order valence-electron chi connectivity index (χ0n) is 35.0. The summed E-state index contributed by atoms with van der Waals surface area (Å²) in [6, 6.07) is -1.09. The van der Waals surface area contributed by atoms with Crippen molar-refractivity contribution in [3.63, 3.8) is 0 Å². The van der Waals surface area contributed by atoms with Crippen LogP contribution in [-0.4, -0.2) is 100 Å². The lowest BCUT2D eigenvalue weighted by Crippen LogP contribution is -2.65. The summed E-state index contributed by atoms with van der Waals surface area (Å²) in [5, 5.41) is 39.3. The van der Waals surface area contributed by atoms with Gasteiger partial charge in [0.05, 0.1) is 37.8 Å². The summed E-state index contributed by atoms with van der Waals surface area (Å²) in [6.45, 7) is 13.5. The molecule has 0 aromatic carbocycles. The average molecular weight is 825 g/mol. The molecule has 322 valence electrons. The summed E-state index contributed by atoms with van der Waals surface area (Å²) in [5.74, 6) is -6.03. The first kappa shape index (κ1) is 43.9. The van der Waals surface area contributed by atoms with Gasteiger partial charge in [0.1, 0.15) is 29.8 Å². The van der Waals surface area contributed by atoms with Crippen molar-refractivity contribution in [2.75, 3.05) is 7.11 Å². The maximum atomic E-state index is 15.1. The van der Waals surface area contributed by atoms with Crippen LogP contribution in [0.15, 0.2) is 58.4 Å². The number of nitrogens with one attached hydrogen (secondary N) is 1. The predicted molar refractivity (Wildman–Crippen MR) is 209 cm³/mol. The number of ether oxygens (including phenoxy) is 5. The molecule has 6 rings (SSSR count). The van der Waals surface area contributed by atoms with Crippen LogP contribution < -0.4 is 5.32 Å². The van der Waals surface area contributed by atoms with Crippen molar-refractivity contribution in [3.8, 4) is 0 Å². The number of carbonyl (C=O) groups excluding carboxylic acids is 5. The zero-order chi connectivity index (χ0) is 43.5. The fourth-order valence-electron chi connectivity index (χ4n) is 11.1. The van der Waals surface area contributed by atoms with Crippen molar-refractivity contribution in [1.82, 2.24) is 5.32 Å². The Labute approximate surface area is 343 Å². The normalized spacial score (nSPS) is 45.1. The van der Waals surface area contributed by atoms with Gasteiger partial charge in [0.15, 0.2) is 11.9 Å². The molecular weight excluding hydrogens is 768 g/mol. The molecule has 3 N–H and O–H groups in total. The number of hydrogen-bond donors (Lipinski definition) is 3. The highest BCUT2D eigenvalue weighted by atomic mass is 16.7. The topological polar surface area (TPSA) is 227 Å². The van der Waals surface area contributed by atoms with Crippen LogP contribution in [0.2, 0.25) is 0 Å². The van der Waals surface area contributed by atoms with Gasteiger partial charge in [-0.3, -0.25) is 24.5 Å². The van der Waals surface area contributed by atoms with E-state index in [-0.39, 0.29) is 36.7 Å². The van der Waals surface area contributed by atoms with E-state index in [1.54, 1.807) is 26.8 Å². The highest BCUT2D eigenvalue weighted by Gasteiger charge is 2.65. The van der Waals surface area contributed by atoms with Crippen LogP contribution in [0.5, 0.6) is 0 Å². The number of alkyl carbamates (subject to hydrolysis) is 1. The molecule has 0 aromatic rings. The van der Waals surface area contributed by atoms with Gasteiger partial charge in [-0.2, -0.15) is 0 Å². The number of fused-ring (bicyclic) bond motifs is 4. The molecule has 1 spiro atoms. The molecule has 1 saturated carbocycles. The van der Waals surface area contributed by atoms with E-state index in [9.17, 15) is 39.5 Å². The number of aliphatic hydroxyl groups is 2. The van der Waals surface area contributed by atoms with Gasteiger partial charge in [-0.25, -0.2) is 9.59 Å². The standard InChI is InChI=1S/C43H56N2O14/c1-20-10-13-30(58-32-18-41(7,45(53)54)36(24(5)56-32)44-40(52)55-9)21(2)15-29-31(57-25(6)47)16-26(19-46)17-43(29)38(50)33(39(51)59-43)37(49)42(8)28(20)12-11-27-34(42)22(3)14-23(4)35(27)48/h10-12,15-16,19,22-24,27-32,34-36,48-49H,13-14,17-18H2,1-9H3,(H,44,52)/b20-10-,21-15+,37-33+/t22-,23-,24+,27-,28-,29+,30-,31-,32-,34+,35-,36-,41-,42+,43-/m0/s1. The number of nitro groups is 1. The van der Waals surface area contributed by atoms with E-state index in [0.29, 0.717) is 18.3 Å². The maximum absolute atomic E-state index is 15.1. The number of ketones is 1. The second-order valence-corrected chi connectivity index (χ2v) is 17.8. The Hall–Kier alpha value is -4.67. The molecule has 2 aliphatic heterocycles. The van der Waals surface area contributed by atoms with E-state index in [0.717, 1.165) is 19.6 Å². The number of Topliss-reactive ketones (excluding diaryl/α,β-unsaturated/α-hetero) is 1. The van der Waals surface area contributed by atoms with Crippen LogP contribution in [0.3, 0.4) is 0 Å². The average Bonchev–Trinajstić information content (AvgIpc) is 3.41. The van der Waals surface area contributed by atoms with Crippen LogP contribution in [-0.2, 0) is 42.9 Å². The van der Waals surface area contributed by atoms with Crippen LogP contribution in [0.1, 0.15) is 81.1 Å². The molecule has 15 atom stereocenters. The van der Waals surface area contributed by atoms with Gasteiger partial charge in [0, 0.05) is 42.4 Å². The summed E-state index contributed by atoms with van der Waals surface area (Å²) in [6.07, 6.45) is 3.42. The molecular formula is C43H56N2O14. The van der Waals surface area contributed by atoms with Gasteiger partial charge in [0.2, 0.25) is 11.3 Å². The number of rotatable bonds is 6. The Morgan fingerprint density at radius 3 is 2.41 bits per heavy atom. The van der Waals surface area contributed by atoms with Crippen molar-refractivity contribution in [3.05, 3.63) is 68.5 Å². The monoisotopic (exact) mass is 824 g/mol. The summed E-state index contributed by atoms with van der Waals surface area (Å²) in [4.78, 5) is 78.7. The Morgan fingerprint density at radius 2 is 1.78 bits per heavy atom. The molecule has 0 aromatic heterocycles. The van der Waals surface area contributed by atoms with Crippen LogP contribution in [0.4, 0.5) is 4.79 Å². The number of aliphatic hydroxyl groups excluding tert-OH is 2. The van der Waals surface area contributed by atoms with E-state index in [1.165, 1.54) is 13.0 Å². The first-order chi connectivity index (χ1) is 27.6. The molecule has 16 nitrogen and oxygen atoms in total. The quantitative estimate of drug-likeness (QED) is 0.0624. The first-order valence-electron chi connectivity index (χ1n) is 20.2. The molecule has 59 heavy (non-hydrogen) atoms. The Kier molecular flexibility index (Phi) is 12.0. The van der Waals surface area contributed by atoms with Crippen molar-refractivity contribution in [2.45, 2.75) is 129 Å². The van der Waals surface area contributed by atoms with E-state index >= 15 is 4.79 Å². The SMILES string of the molecule is COC(=O)N[C@H]1[C@@H](C)O[C@@H](O[C@H]2C/C=C(/C)[C@@H]3C=C[C@@H]4[C@@H](O)[C@@H](C)C[C@H](C)[C@H]4[C@]3(C)/C(O)=C3\C(=O)O[C@]4(CC(C=O)=C[C@H](OC(C)=O)[C@H]4/C=C/2C)C3=O)C[C@]1(C)[N+](=O)[O-]. The first-order valence-corrected chi connectivity index (χ1v) is 20.2. The number of nitrogens with zero attached hydrogens (tertiary/aromatic N) is 1. The van der Waals surface area contributed by atoms with E-state index < -0.39 is 117 Å². The number of methoxy groups -OCH3 is 1. The number of allylic oxidation sites excluding steroid dienone is 3. The fraction of sp³-hybridized carbons (Fsp3) is 0.651. The molecule has 0 unspecified atom stereocenters. The zero-order valence-corrected chi connectivity index (χ0v) is 35.0. The summed E-state index contributed by atoms with van der Waals surface area (Å²) >= 11 is 0.